The summed E-state index contributed by atoms with van der Waals surface area (Å²) in [6.45, 7) is -1.50. The Morgan fingerprint density at radius 1 is 1.42 bits per heavy atom. The maximum atomic E-state index is 13.0. The fourth-order valence-electron chi connectivity index (χ4n) is 3.51. The van der Waals surface area contributed by atoms with Crippen molar-refractivity contribution in [1.29, 1.82) is 0 Å². The molecule has 1 aliphatic carbocycles. The average molecular weight is 446 g/mol. The largest absolute Gasteiger partial charge is 1.00 e. The summed E-state index contributed by atoms with van der Waals surface area (Å²) in [6.07, 6.45) is 4.25. The van der Waals surface area contributed by atoms with Crippen LogP contribution < -0.4 is 24.0 Å². The van der Waals surface area contributed by atoms with Gasteiger partial charge in [-0.3, -0.25) is 0 Å². The number of nitrogens with zero attached hydrogens (tertiary/aromatic N) is 1. The Hall–Kier alpha value is -0.920. The highest BCUT2D eigenvalue weighted by molar-refractivity contribution is 5.85. The third-order valence-corrected chi connectivity index (χ3v) is 4.82. The van der Waals surface area contributed by atoms with Crippen molar-refractivity contribution in [3.05, 3.63) is 47.5 Å². The van der Waals surface area contributed by atoms with E-state index in [0.717, 1.165) is 12.8 Å². The number of hydrogen-bond acceptors (Lipinski definition) is 3. The Bertz CT molecular complexity index is 710. The molecule has 1 aliphatic heterocycles. The first kappa shape index (κ1) is 15.3. The van der Waals surface area contributed by atoms with Crippen molar-refractivity contribution in [2.75, 3.05) is 27.1 Å². The number of carbonyl (C=O) groups is 1. The first-order valence-electron chi connectivity index (χ1n) is 9.70. The topological polar surface area (TPSA) is 46.5 Å². The number of likely N-dealkylation sites (tertiary alicyclic amines) is 1. The van der Waals surface area contributed by atoms with Crippen LogP contribution in [0.15, 0.2) is 42.0 Å². The molecular formula is C19H26INO3. The maximum absolute atomic E-state index is 13.0. The molecule has 1 heterocycles. The smallest absolute Gasteiger partial charge is 0.347 e. The van der Waals surface area contributed by atoms with E-state index in [4.69, 9.17) is 8.85 Å². The number of halogens is 1. The molecule has 1 aromatic rings. The molecule has 0 aromatic heterocycles. The molecule has 0 spiro atoms. The van der Waals surface area contributed by atoms with Gasteiger partial charge in [0.1, 0.15) is 6.54 Å². The van der Waals surface area contributed by atoms with Crippen LogP contribution in [0.4, 0.5) is 0 Å². The lowest BCUT2D eigenvalue weighted by Crippen LogP contribution is -3.00. The van der Waals surface area contributed by atoms with Crippen molar-refractivity contribution in [1.82, 2.24) is 0 Å². The Labute approximate surface area is 165 Å². The van der Waals surface area contributed by atoms with Gasteiger partial charge in [-0.15, -0.1) is 0 Å². The average Bonchev–Trinajstić information content (AvgIpc) is 3.25. The summed E-state index contributed by atoms with van der Waals surface area (Å²) in [5.74, 6) is -0.708. The van der Waals surface area contributed by atoms with E-state index in [1.807, 2.05) is 12.1 Å². The molecule has 0 amide bonds. The molecule has 1 aromatic carbocycles. The van der Waals surface area contributed by atoms with E-state index in [1.54, 1.807) is 31.3 Å². The second-order valence-corrected chi connectivity index (χ2v) is 6.82. The fraction of sp³-hybridized carbons (Fsp3) is 0.526. The third kappa shape index (κ3) is 3.83. The lowest BCUT2D eigenvalue weighted by atomic mass is 9.85. The van der Waals surface area contributed by atoms with Gasteiger partial charge in [0.15, 0.2) is 6.10 Å². The molecule has 5 heteroatoms. The molecule has 2 aliphatic rings. The van der Waals surface area contributed by atoms with Gasteiger partial charge in [-0.2, -0.15) is 0 Å². The zero-order valence-corrected chi connectivity index (χ0v) is 16.0. The number of allylic oxidation sites excluding steroid dienone is 1. The predicted octanol–water partition coefficient (Wildman–Crippen LogP) is -0.620. The van der Waals surface area contributed by atoms with Crippen LogP contribution in [0.2, 0.25) is 0 Å². The van der Waals surface area contributed by atoms with Crippen LogP contribution in [0, 0.1) is 0 Å². The normalized spacial score (nSPS) is 31.0. The minimum absolute atomic E-state index is 0. The molecule has 24 heavy (non-hydrogen) atoms. The molecule has 132 valence electrons. The van der Waals surface area contributed by atoms with Gasteiger partial charge >= 0.3 is 5.97 Å². The highest BCUT2D eigenvalue weighted by atomic mass is 127. The Kier molecular flexibility index (Phi) is 4.82. The second-order valence-electron chi connectivity index (χ2n) is 6.82. The van der Waals surface area contributed by atoms with Crippen LogP contribution in [0.5, 0.6) is 0 Å². The Morgan fingerprint density at radius 3 is 2.75 bits per heavy atom. The molecular weight excluding hydrogens is 417 g/mol. The van der Waals surface area contributed by atoms with E-state index in [1.165, 1.54) is 0 Å². The predicted molar refractivity (Wildman–Crippen MR) is 88.6 cm³/mol. The summed E-state index contributed by atoms with van der Waals surface area (Å²) in [5.41, 5.74) is -0.645. The van der Waals surface area contributed by atoms with E-state index in [-0.39, 0.29) is 35.0 Å². The standard InChI is InChI=1S/C19H26NO3.HI/c1-20(2)13-12-17(14-20)23-18(21)19(22,16-10-6-7-11-16)15-8-4-3-5-9-15;/h3-5,8-10,17,22H,6-7,11-14H2,1-2H3;1H/q+1;/p-1/i1D3;. The fourth-order valence-corrected chi connectivity index (χ4v) is 3.51. The van der Waals surface area contributed by atoms with Crippen molar-refractivity contribution in [2.45, 2.75) is 37.4 Å². The lowest BCUT2D eigenvalue weighted by Gasteiger charge is -2.29. The zero-order valence-electron chi connectivity index (χ0n) is 16.9. The number of benzene rings is 1. The summed E-state index contributed by atoms with van der Waals surface area (Å²) in [4.78, 5) is 13.0. The van der Waals surface area contributed by atoms with E-state index in [2.05, 4.69) is 0 Å². The highest BCUT2D eigenvalue weighted by Crippen LogP contribution is 2.38. The molecule has 0 bridgehead atoms. The molecule has 3 unspecified atom stereocenters. The number of carbonyl (C=O) groups excluding carboxylic acids is 1. The lowest BCUT2D eigenvalue weighted by molar-refractivity contribution is -0.879. The number of likely N-dealkylation sites (N-methyl/N-ethyl adjacent to an activating group) is 1. The number of ether oxygens (including phenoxy) is 1. The summed E-state index contributed by atoms with van der Waals surface area (Å²) in [5, 5.41) is 11.3. The SMILES string of the molecule is [2H]C([2H])([2H])[N+]1(C)CCC(OC(=O)C(O)(C2=CCCC2)c2ccccc2)C1.[I-]. The number of esters is 1. The molecule has 3 atom stereocenters. The summed E-state index contributed by atoms with van der Waals surface area (Å²) in [6, 6.07) is 8.83. The van der Waals surface area contributed by atoms with Crippen LogP contribution in [-0.2, 0) is 15.1 Å². The Balaban J connectivity index is 0.00000261. The van der Waals surface area contributed by atoms with Crippen molar-refractivity contribution in [2.24, 2.45) is 0 Å². The van der Waals surface area contributed by atoms with E-state index in [0.29, 0.717) is 30.5 Å². The molecule has 0 saturated carbocycles. The molecule has 0 radical (unpaired) electrons. The summed E-state index contributed by atoms with van der Waals surface area (Å²) >= 11 is 0. The van der Waals surface area contributed by atoms with Crippen molar-refractivity contribution >= 4 is 5.97 Å². The quantitative estimate of drug-likeness (QED) is 0.291. The molecule has 3 rings (SSSR count). The van der Waals surface area contributed by atoms with E-state index < -0.39 is 24.7 Å². The van der Waals surface area contributed by atoms with Crippen LogP contribution in [-0.4, -0.2) is 48.8 Å². The summed E-state index contributed by atoms with van der Waals surface area (Å²) in [7, 11) is 1.66. The van der Waals surface area contributed by atoms with Gasteiger partial charge in [0.25, 0.3) is 0 Å². The minimum Gasteiger partial charge on any atom is -1.00 e. The zero-order chi connectivity index (χ0) is 19.0. The van der Waals surface area contributed by atoms with Crippen LogP contribution >= 0.6 is 0 Å². The molecule has 1 N–H and O–H groups in total. The van der Waals surface area contributed by atoms with E-state index >= 15 is 0 Å². The molecule has 4 nitrogen and oxygen atoms in total. The van der Waals surface area contributed by atoms with Crippen molar-refractivity contribution < 1.29 is 47.2 Å². The van der Waals surface area contributed by atoms with Crippen LogP contribution in [0.3, 0.4) is 0 Å². The minimum atomic E-state index is -2.15. The van der Waals surface area contributed by atoms with Crippen molar-refractivity contribution in [3.8, 4) is 0 Å². The molecule has 1 fully saturated rings. The number of quaternary nitrogens is 1. The first-order chi connectivity index (χ1) is 12.2. The van der Waals surface area contributed by atoms with Gasteiger partial charge in [0.05, 0.1) is 24.7 Å². The van der Waals surface area contributed by atoms with Crippen LogP contribution in [0.1, 0.15) is 35.4 Å². The molecule has 1 saturated heterocycles. The van der Waals surface area contributed by atoms with E-state index in [9.17, 15) is 9.90 Å². The summed E-state index contributed by atoms with van der Waals surface area (Å²) < 4.78 is 28.6. The first-order valence-corrected chi connectivity index (χ1v) is 8.20. The number of hydrogen-bond donors (Lipinski definition) is 1. The van der Waals surface area contributed by atoms with Gasteiger partial charge in [-0.25, -0.2) is 4.79 Å². The van der Waals surface area contributed by atoms with Crippen molar-refractivity contribution in [3.63, 3.8) is 0 Å². The Morgan fingerprint density at radius 2 is 2.17 bits per heavy atom. The van der Waals surface area contributed by atoms with Gasteiger partial charge in [0.2, 0.25) is 5.60 Å². The highest BCUT2D eigenvalue weighted by Gasteiger charge is 2.46. The second kappa shape index (κ2) is 7.54. The third-order valence-electron chi connectivity index (χ3n) is 4.82. The number of rotatable bonds is 4. The van der Waals surface area contributed by atoms with Gasteiger partial charge < -0.3 is 38.3 Å². The maximum Gasteiger partial charge on any atom is 0.347 e. The van der Waals surface area contributed by atoms with Gasteiger partial charge in [-0.1, -0.05) is 36.4 Å². The van der Waals surface area contributed by atoms with Crippen LogP contribution in [0.25, 0.3) is 0 Å². The number of aliphatic hydroxyl groups is 1. The monoisotopic (exact) mass is 446 g/mol. The van der Waals surface area contributed by atoms with Gasteiger partial charge in [0, 0.05) is 6.42 Å². The van der Waals surface area contributed by atoms with Gasteiger partial charge in [-0.05, 0) is 30.4 Å².